The molecule has 1 atom stereocenters. The number of likely N-dealkylation sites (N-methyl/N-ethyl adjacent to an activating group) is 1. The monoisotopic (exact) mass is 399 g/mol. The highest BCUT2D eigenvalue weighted by Gasteiger charge is 2.22. The molecule has 7 nitrogen and oxygen atoms in total. The number of carbonyl (C=O) groups is 4. The number of carbonyl (C=O) groups excluding carboxylic acids is 4. The number of hydrogen-bond donors (Lipinski definition) is 3. The molecule has 0 radical (unpaired) electrons. The Morgan fingerprint density at radius 3 is 1.82 bits per heavy atom. The van der Waals surface area contributed by atoms with Gasteiger partial charge in [0, 0.05) is 44.2 Å². The Kier molecular flexibility index (Phi) is 17.6. The van der Waals surface area contributed by atoms with E-state index in [9.17, 15) is 19.2 Å². The van der Waals surface area contributed by atoms with Crippen LogP contribution in [-0.2, 0) is 19.2 Å². The molecule has 0 aliphatic carbocycles. The van der Waals surface area contributed by atoms with Crippen LogP contribution in [0.1, 0.15) is 73.6 Å². The van der Waals surface area contributed by atoms with E-state index >= 15 is 0 Å². The second kappa shape index (κ2) is 17.3. The maximum Gasteiger partial charge on any atom is 0.242 e. The first-order valence-corrected chi connectivity index (χ1v) is 10.5. The smallest absolute Gasteiger partial charge is 0.242 e. The van der Waals surface area contributed by atoms with Crippen LogP contribution in [0.25, 0.3) is 0 Å². The fourth-order valence-corrected chi connectivity index (χ4v) is 2.26. The fraction of sp³-hybridized carbons (Fsp3) is 0.810. The molecule has 2 amide bonds. The van der Waals surface area contributed by atoms with Crippen molar-refractivity contribution >= 4 is 23.4 Å². The molecule has 0 fully saturated rings. The van der Waals surface area contributed by atoms with Crippen molar-refractivity contribution < 1.29 is 19.2 Å². The first-order valence-electron chi connectivity index (χ1n) is 10.5. The third kappa shape index (κ3) is 14.3. The third-order valence-corrected chi connectivity index (χ3v) is 4.12. The van der Waals surface area contributed by atoms with Gasteiger partial charge in [-0.3, -0.25) is 19.2 Å². The topological polar surface area (TPSA) is 104 Å². The maximum atomic E-state index is 12.3. The Bertz CT molecular complexity index is 476. The zero-order valence-corrected chi connectivity index (χ0v) is 18.8. The molecule has 0 saturated carbocycles. The summed E-state index contributed by atoms with van der Waals surface area (Å²) in [4.78, 5) is 47.8. The molecule has 0 rings (SSSR count). The van der Waals surface area contributed by atoms with Crippen molar-refractivity contribution in [1.82, 2.24) is 16.0 Å². The predicted octanol–water partition coefficient (Wildman–Crippen LogP) is 2.23. The lowest BCUT2D eigenvalue weighted by molar-refractivity contribution is -0.130. The minimum Gasteiger partial charge on any atom is -0.353 e. The molecule has 0 aliphatic heterocycles. The van der Waals surface area contributed by atoms with Gasteiger partial charge in [-0.05, 0) is 19.9 Å². The van der Waals surface area contributed by atoms with E-state index in [0.29, 0.717) is 25.9 Å². The van der Waals surface area contributed by atoms with Crippen LogP contribution in [0.2, 0.25) is 0 Å². The predicted molar refractivity (Wildman–Crippen MR) is 113 cm³/mol. The fourth-order valence-electron chi connectivity index (χ4n) is 2.26. The van der Waals surface area contributed by atoms with Gasteiger partial charge in [-0.15, -0.1) is 0 Å². The number of amides is 2. The van der Waals surface area contributed by atoms with Crippen LogP contribution in [0.3, 0.4) is 0 Å². The van der Waals surface area contributed by atoms with E-state index in [4.69, 9.17) is 0 Å². The summed E-state index contributed by atoms with van der Waals surface area (Å²) in [6, 6.07) is -0.733. The largest absolute Gasteiger partial charge is 0.353 e. The van der Waals surface area contributed by atoms with Gasteiger partial charge in [0.05, 0.1) is 0 Å². The number of Topliss-reactive ketones (excluding diaryl/α,β-unsaturated/α-hetero) is 2. The molecule has 164 valence electrons. The van der Waals surface area contributed by atoms with Crippen molar-refractivity contribution in [2.75, 3.05) is 20.1 Å². The number of rotatable bonds is 14. The van der Waals surface area contributed by atoms with Crippen LogP contribution in [0.4, 0.5) is 0 Å². The summed E-state index contributed by atoms with van der Waals surface area (Å²) in [6.45, 7) is 12.4. The van der Waals surface area contributed by atoms with Gasteiger partial charge in [0.1, 0.15) is 17.6 Å². The molecule has 1 unspecified atom stereocenters. The second-order valence-electron chi connectivity index (χ2n) is 7.15. The highest BCUT2D eigenvalue weighted by Crippen LogP contribution is 2.07. The molecule has 0 aromatic heterocycles. The molecule has 3 N–H and O–H groups in total. The van der Waals surface area contributed by atoms with E-state index in [0.717, 1.165) is 0 Å². The average Bonchev–Trinajstić information content (AvgIpc) is 2.66. The van der Waals surface area contributed by atoms with E-state index in [-0.39, 0.29) is 54.5 Å². The molecular formula is C21H41N3O4. The summed E-state index contributed by atoms with van der Waals surface area (Å²) < 4.78 is 0. The minimum atomic E-state index is -0.733. The van der Waals surface area contributed by atoms with Crippen molar-refractivity contribution in [3.05, 3.63) is 0 Å². The van der Waals surface area contributed by atoms with E-state index in [2.05, 4.69) is 16.0 Å². The molecular weight excluding hydrogens is 358 g/mol. The summed E-state index contributed by atoms with van der Waals surface area (Å²) in [6.07, 6.45) is 1.53. The van der Waals surface area contributed by atoms with Crippen LogP contribution < -0.4 is 16.0 Å². The average molecular weight is 400 g/mol. The van der Waals surface area contributed by atoms with Crippen LogP contribution >= 0.6 is 0 Å². The van der Waals surface area contributed by atoms with Gasteiger partial charge in [0.25, 0.3) is 0 Å². The zero-order valence-electron chi connectivity index (χ0n) is 18.8. The van der Waals surface area contributed by atoms with E-state index in [1.807, 2.05) is 41.5 Å². The van der Waals surface area contributed by atoms with Crippen LogP contribution in [0, 0.1) is 11.8 Å². The number of ketones is 2. The molecule has 0 aromatic carbocycles. The molecule has 28 heavy (non-hydrogen) atoms. The zero-order chi connectivity index (χ0) is 22.1. The first kappa shape index (κ1) is 28.4. The molecule has 0 aromatic rings. The Labute approximate surface area is 170 Å². The van der Waals surface area contributed by atoms with Crippen LogP contribution in [0.15, 0.2) is 0 Å². The normalized spacial score (nSPS) is 11.5. The Morgan fingerprint density at radius 2 is 1.32 bits per heavy atom. The van der Waals surface area contributed by atoms with Gasteiger partial charge in [-0.1, -0.05) is 41.5 Å². The van der Waals surface area contributed by atoms with Crippen LogP contribution in [-0.4, -0.2) is 49.6 Å². The number of hydrogen-bond acceptors (Lipinski definition) is 5. The molecule has 0 saturated heterocycles. The lowest BCUT2D eigenvalue weighted by atomic mass is 10.0. The SMILES string of the molecule is CC.CNCCNC(=O)C(CCC(=O)C(C)C)NC(=O)CCCC(=O)C(C)C. The van der Waals surface area contributed by atoms with Crippen molar-refractivity contribution in [2.24, 2.45) is 11.8 Å². The molecule has 0 spiro atoms. The summed E-state index contributed by atoms with van der Waals surface area (Å²) in [7, 11) is 1.78. The molecule has 0 bridgehead atoms. The van der Waals surface area contributed by atoms with E-state index < -0.39 is 6.04 Å². The van der Waals surface area contributed by atoms with Gasteiger partial charge in [0.2, 0.25) is 11.8 Å². The highest BCUT2D eigenvalue weighted by molar-refractivity contribution is 5.89. The molecule has 7 heteroatoms. The Balaban J connectivity index is 0. The Hall–Kier alpha value is -1.76. The molecule has 0 aliphatic rings. The minimum absolute atomic E-state index is 0.0363. The van der Waals surface area contributed by atoms with Crippen molar-refractivity contribution in [3.8, 4) is 0 Å². The Morgan fingerprint density at radius 1 is 0.786 bits per heavy atom. The maximum absolute atomic E-state index is 12.3. The van der Waals surface area contributed by atoms with Crippen molar-refractivity contribution in [3.63, 3.8) is 0 Å². The standard InChI is InChI=1S/C19H35N3O4.C2H6/c1-13(2)16(23)7-6-8-18(25)22-15(9-10-17(24)14(3)4)19(26)21-12-11-20-5;1-2/h13-15,20H,6-12H2,1-5H3,(H,21,26)(H,22,25);1-2H3. The summed E-state index contributed by atoms with van der Waals surface area (Å²) in [5.74, 6) is -0.501. The number of nitrogens with one attached hydrogen (secondary N) is 3. The van der Waals surface area contributed by atoms with Gasteiger partial charge in [-0.25, -0.2) is 0 Å². The lowest BCUT2D eigenvalue weighted by Gasteiger charge is -2.19. The molecule has 0 heterocycles. The summed E-state index contributed by atoms with van der Waals surface area (Å²) in [5, 5.41) is 8.38. The van der Waals surface area contributed by atoms with Gasteiger partial charge in [0.15, 0.2) is 0 Å². The van der Waals surface area contributed by atoms with Gasteiger partial charge in [-0.2, -0.15) is 0 Å². The summed E-state index contributed by atoms with van der Waals surface area (Å²) in [5.41, 5.74) is 0. The quantitative estimate of drug-likeness (QED) is 0.389. The van der Waals surface area contributed by atoms with E-state index in [1.165, 1.54) is 0 Å². The van der Waals surface area contributed by atoms with Crippen LogP contribution in [0.5, 0.6) is 0 Å². The lowest BCUT2D eigenvalue weighted by Crippen LogP contribution is -2.48. The van der Waals surface area contributed by atoms with Gasteiger partial charge < -0.3 is 16.0 Å². The first-order chi connectivity index (χ1) is 13.2. The highest BCUT2D eigenvalue weighted by atomic mass is 16.2. The third-order valence-electron chi connectivity index (χ3n) is 4.12. The van der Waals surface area contributed by atoms with Crippen molar-refractivity contribution in [2.45, 2.75) is 79.7 Å². The van der Waals surface area contributed by atoms with Gasteiger partial charge >= 0.3 is 0 Å². The van der Waals surface area contributed by atoms with Crippen molar-refractivity contribution in [1.29, 1.82) is 0 Å². The van der Waals surface area contributed by atoms with E-state index in [1.54, 1.807) is 7.05 Å². The summed E-state index contributed by atoms with van der Waals surface area (Å²) >= 11 is 0. The second-order valence-corrected chi connectivity index (χ2v) is 7.15.